The maximum atomic E-state index is 12.4. The molecule has 24 heavy (non-hydrogen) atoms. The van der Waals surface area contributed by atoms with Crippen LogP contribution in [0.15, 0.2) is 41.5 Å². The number of methoxy groups -OCH3 is 1. The number of nitrogens with zero attached hydrogens (tertiary/aromatic N) is 2. The maximum Gasteiger partial charge on any atom is 0.260 e. The van der Waals surface area contributed by atoms with Gasteiger partial charge in [-0.2, -0.15) is 0 Å². The Morgan fingerprint density at radius 1 is 1.33 bits per heavy atom. The van der Waals surface area contributed by atoms with Gasteiger partial charge in [0, 0.05) is 29.9 Å². The van der Waals surface area contributed by atoms with Gasteiger partial charge in [0.15, 0.2) is 0 Å². The minimum atomic E-state index is -0.308. The van der Waals surface area contributed by atoms with Crippen LogP contribution in [0, 0.1) is 0 Å². The summed E-state index contributed by atoms with van der Waals surface area (Å²) in [5, 5.41) is 6.49. The number of hydrogen-bond donors (Lipinski definition) is 2. The average Bonchev–Trinajstić information content (AvgIpc) is 2.63. The van der Waals surface area contributed by atoms with Crippen LogP contribution in [0.3, 0.4) is 0 Å². The van der Waals surface area contributed by atoms with Crippen LogP contribution in [-0.2, 0) is 0 Å². The summed E-state index contributed by atoms with van der Waals surface area (Å²) in [6, 6.07) is 8.47. The van der Waals surface area contributed by atoms with Crippen molar-refractivity contribution in [1.29, 1.82) is 0 Å². The Hall–Kier alpha value is -2.60. The Balaban J connectivity index is 1.74. The monoisotopic (exact) mass is 344 g/mol. The third kappa shape index (κ3) is 3.65. The minimum Gasteiger partial charge on any atom is -0.496 e. The Morgan fingerprint density at radius 3 is 2.88 bits per heavy atom. The van der Waals surface area contributed by atoms with Gasteiger partial charge in [-0.15, -0.1) is 0 Å². The van der Waals surface area contributed by atoms with Crippen LogP contribution in [0.2, 0.25) is 5.02 Å². The average molecular weight is 345 g/mol. The number of nitrogens with one attached hydrogen (secondary N) is 2. The summed E-state index contributed by atoms with van der Waals surface area (Å²) in [5.74, 6) is 1.40. The van der Waals surface area contributed by atoms with Crippen LogP contribution in [0.25, 0.3) is 0 Å². The van der Waals surface area contributed by atoms with Crippen LogP contribution < -0.4 is 15.4 Å². The number of aromatic nitrogens is 1. The van der Waals surface area contributed by atoms with Gasteiger partial charge >= 0.3 is 0 Å². The van der Waals surface area contributed by atoms with Crippen molar-refractivity contribution in [2.24, 2.45) is 4.99 Å². The topological polar surface area (TPSA) is 75.6 Å². The fourth-order valence-electron chi connectivity index (χ4n) is 2.37. The molecule has 3 rings (SSSR count). The lowest BCUT2D eigenvalue weighted by Gasteiger charge is -2.14. The number of aliphatic imine (C=N–C) groups is 1. The standard InChI is InChI=1S/C17H17ClN4O2/c1-24-14-9-12(18)4-5-13(14)17(23)22-15-6-3-11(10-21-15)16-19-7-2-8-20-16/h3-6,9-10H,2,7-8H2,1H3,(H,19,20)(H,21,22,23). The van der Waals surface area contributed by atoms with Crippen LogP contribution in [-0.4, -0.2) is 36.9 Å². The lowest BCUT2D eigenvalue weighted by molar-refractivity contribution is 0.102. The van der Waals surface area contributed by atoms with E-state index in [0.717, 1.165) is 30.9 Å². The Labute approximate surface area is 144 Å². The molecule has 1 aliphatic heterocycles. The van der Waals surface area contributed by atoms with Crippen molar-refractivity contribution in [2.45, 2.75) is 6.42 Å². The molecule has 2 aromatic rings. The van der Waals surface area contributed by atoms with E-state index >= 15 is 0 Å². The highest BCUT2D eigenvalue weighted by Crippen LogP contribution is 2.23. The number of carbonyl (C=O) groups excluding carboxylic acids is 1. The molecule has 0 aliphatic carbocycles. The zero-order valence-electron chi connectivity index (χ0n) is 13.2. The van der Waals surface area contributed by atoms with Gasteiger partial charge in [-0.05, 0) is 36.8 Å². The van der Waals surface area contributed by atoms with Crippen molar-refractivity contribution in [3.8, 4) is 5.75 Å². The molecule has 1 aromatic carbocycles. The molecule has 7 heteroatoms. The van der Waals surface area contributed by atoms with Crippen molar-refractivity contribution in [3.63, 3.8) is 0 Å². The molecule has 0 atom stereocenters. The molecule has 0 fully saturated rings. The first-order valence-electron chi connectivity index (χ1n) is 7.57. The zero-order valence-corrected chi connectivity index (χ0v) is 13.9. The second kappa shape index (κ2) is 7.31. The Bertz CT molecular complexity index is 775. The second-order valence-corrected chi connectivity index (χ2v) is 5.68. The van der Waals surface area contributed by atoms with Gasteiger partial charge in [0.1, 0.15) is 17.4 Å². The van der Waals surface area contributed by atoms with Crippen molar-refractivity contribution in [2.75, 3.05) is 25.5 Å². The first kappa shape index (κ1) is 16.3. The van der Waals surface area contributed by atoms with Crippen molar-refractivity contribution >= 4 is 29.2 Å². The van der Waals surface area contributed by atoms with E-state index in [1.165, 1.54) is 7.11 Å². The first-order chi connectivity index (χ1) is 11.7. The molecule has 0 spiro atoms. The third-order valence-corrected chi connectivity index (χ3v) is 3.82. The quantitative estimate of drug-likeness (QED) is 0.894. The molecule has 0 unspecified atom stereocenters. The molecule has 6 nitrogen and oxygen atoms in total. The van der Waals surface area contributed by atoms with Crippen LogP contribution in [0.1, 0.15) is 22.3 Å². The summed E-state index contributed by atoms with van der Waals surface area (Å²) in [7, 11) is 1.49. The highest BCUT2D eigenvalue weighted by molar-refractivity contribution is 6.31. The van der Waals surface area contributed by atoms with Gasteiger partial charge < -0.3 is 15.4 Å². The molecule has 124 valence electrons. The molecule has 0 saturated heterocycles. The fraction of sp³-hybridized carbons (Fsp3) is 0.235. The van der Waals surface area contributed by atoms with Crippen LogP contribution >= 0.6 is 11.6 Å². The Morgan fingerprint density at radius 2 is 2.21 bits per heavy atom. The van der Waals surface area contributed by atoms with Crippen LogP contribution in [0.4, 0.5) is 5.82 Å². The zero-order chi connectivity index (χ0) is 16.9. The number of pyridine rings is 1. The normalized spacial score (nSPS) is 13.7. The number of benzene rings is 1. The number of carbonyl (C=O) groups is 1. The number of anilines is 1. The van der Waals surface area contributed by atoms with E-state index in [4.69, 9.17) is 16.3 Å². The van der Waals surface area contributed by atoms with Gasteiger partial charge in [0.2, 0.25) is 0 Å². The van der Waals surface area contributed by atoms with Crippen LogP contribution in [0.5, 0.6) is 5.75 Å². The van der Waals surface area contributed by atoms with E-state index < -0.39 is 0 Å². The smallest absolute Gasteiger partial charge is 0.260 e. The van der Waals surface area contributed by atoms with Gasteiger partial charge in [-0.25, -0.2) is 4.98 Å². The Kier molecular flexibility index (Phi) is 4.96. The predicted molar refractivity (Wildman–Crippen MR) is 94.2 cm³/mol. The summed E-state index contributed by atoms with van der Waals surface area (Å²) in [4.78, 5) is 21.1. The highest BCUT2D eigenvalue weighted by Gasteiger charge is 2.14. The summed E-state index contributed by atoms with van der Waals surface area (Å²) in [6.45, 7) is 1.73. The van der Waals surface area contributed by atoms with Crippen molar-refractivity contribution < 1.29 is 9.53 Å². The lowest BCUT2D eigenvalue weighted by Crippen LogP contribution is -2.30. The van der Waals surface area contributed by atoms with E-state index in [-0.39, 0.29) is 5.91 Å². The number of hydrogen-bond acceptors (Lipinski definition) is 5. The molecule has 1 amide bonds. The van der Waals surface area contributed by atoms with E-state index in [9.17, 15) is 4.79 Å². The molecular formula is C17H17ClN4O2. The van der Waals surface area contributed by atoms with Crippen molar-refractivity contribution in [1.82, 2.24) is 10.3 Å². The molecule has 0 bridgehead atoms. The largest absolute Gasteiger partial charge is 0.496 e. The molecule has 1 aromatic heterocycles. The predicted octanol–water partition coefficient (Wildman–Crippen LogP) is 2.74. The summed E-state index contributed by atoms with van der Waals surface area (Å²) in [6.07, 6.45) is 2.72. The number of amides is 1. The van der Waals surface area contributed by atoms with E-state index in [0.29, 0.717) is 22.2 Å². The van der Waals surface area contributed by atoms with Gasteiger partial charge in [0.25, 0.3) is 5.91 Å². The van der Waals surface area contributed by atoms with E-state index in [1.807, 2.05) is 6.07 Å². The number of rotatable bonds is 4. The van der Waals surface area contributed by atoms with E-state index in [1.54, 1.807) is 30.5 Å². The summed E-state index contributed by atoms with van der Waals surface area (Å²) < 4.78 is 5.19. The molecule has 2 N–H and O–H groups in total. The van der Waals surface area contributed by atoms with E-state index in [2.05, 4.69) is 20.6 Å². The number of halogens is 1. The number of ether oxygens (including phenoxy) is 1. The second-order valence-electron chi connectivity index (χ2n) is 5.24. The molecular weight excluding hydrogens is 328 g/mol. The first-order valence-corrected chi connectivity index (χ1v) is 7.95. The molecule has 0 radical (unpaired) electrons. The SMILES string of the molecule is COc1cc(Cl)ccc1C(=O)Nc1ccc(C2=NCCCN2)cn1. The minimum absolute atomic E-state index is 0.308. The summed E-state index contributed by atoms with van der Waals surface area (Å²) in [5.41, 5.74) is 1.29. The summed E-state index contributed by atoms with van der Waals surface area (Å²) >= 11 is 5.91. The molecule has 0 saturated carbocycles. The fourth-order valence-corrected chi connectivity index (χ4v) is 2.53. The molecule has 1 aliphatic rings. The molecule has 2 heterocycles. The lowest BCUT2D eigenvalue weighted by atomic mass is 10.2. The van der Waals surface area contributed by atoms with Gasteiger partial charge in [0.05, 0.1) is 12.7 Å². The maximum absolute atomic E-state index is 12.4. The third-order valence-electron chi connectivity index (χ3n) is 3.58. The number of amidine groups is 1. The van der Waals surface area contributed by atoms with Gasteiger partial charge in [-0.3, -0.25) is 9.79 Å². The van der Waals surface area contributed by atoms with Gasteiger partial charge in [-0.1, -0.05) is 11.6 Å². The van der Waals surface area contributed by atoms with Crippen molar-refractivity contribution in [3.05, 3.63) is 52.7 Å². The highest BCUT2D eigenvalue weighted by atomic mass is 35.5.